The van der Waals surface area contributed by atoms with Gasteiger partial charge in [0.25, 0.3) is 0 Å². The van der Waals surface area contributed by atoms with Crippen molar-refractivity contribution >= 4 is 12.0 Å². The summed E-state index contributed by atoms with van der Waals surface area (Å²) in [4.78, 5) is 23.0. The lowest BCUT2D eigenvalue weighted by molar-refractivity contribution is -0.139. The molecule has 114 valence electrons. The van der Waals surface area contributed by atoms with Crippen molar-refractivity contribution in [3.8, 4) is 0 Å². The number of carbonyl (C=O) groups excluding carboxylic acids is 1. The van der Waals surface area contributed by atoms with E-state index in [-0.39, 0.29) is 12.6 Å². The first kappa shape index (κ1) is 15.3. The molecule has 1 aliphatic rings. The molecule has 1 saturated heterocycles. The summed E-state index contributed by atoms with van der Waals surface area (Å²) in [6.07, 6.45) is -0.204. The first-order valence-electron chi connectivity index (χ1n) is 6.68. The molecule has 1 aliphatic heterocycles. The van der Waals surface area contributed by atoms with Gasteiger partial charge in [-0.2, -0.15) is 0 Å². The maximum atomic E-state index is 11.8. The van der Waals surface area contributed by atoms with E-state index in [0.29, 0.717) is 25.4 Å². The van der Waals surface area contributed by atoms with E-state index in [4.69, 9.17) is 9.47 Å². The fourth-order valence-electron chi connectivity index (χ4n) is 1.98. The van der Waals surface area contributed by atoms with Crippen molar-refractivity contribution in [1.82, 2.24) is 10.6 Å². The summed E-state index contributed by atoms with van der Waals surface area (Å²) in [6, 6.07) is 6.88. The van der Waals surface area contributed by atoms with Gasteiger partial charge < -0.3 is 25.2 Å². The van der Waals surface area contributed by atoms with Crippen molar-refractivity contribution in [2.75, 3.05) is 26.4 Å². The Morgan fingerprint density at radius 2 is 2.05 bits per heavy atom. The average molecular weight is 294 g/mol. The zero-order valence-corrected chi connectivity index (χ0v) is 11.5. The third-order valence-electron chi connectivity index (χ3n) is 3.03. The highest BCUT2D eigenvalue weighted by Gasteiger charge is 2.22. The van der Waals surface area contributed by atoms with E-state index in [2.05, 4.69) is 10.6 Å². The molecule has 3 N–H and O–H groups in total. The number of nitrogens with one attached hydrogen (secondary N) is 2. The van der Waals surface area contributed by atoms with Crippen LogP contribution in [0.5, 0.6) is 0 Å². The number of amides is 2. The van der Waals surface area contributed by atoms with Crippen molar-refractivity contribution in [2.24, 2.45) is 0 Å². The Balaban J connectivity index is 1.85. The van der Waals surface area contributed by atoms with Gasteiger partial charge >= 0.3 is 12.0 Å². The summed E-state index contributed by atoms with van der Waals surface area (Å²) in [7, 11) is 0. The lowest BCUT2D eigenvalue weighted by Crippen LogP contribution is -2.45. The van der Waals surface area contributed by atoms with Crippen LogP contribution in [-0.4, -0.2) is 49.6 Å². The molecule has 1 heterocycles. The quantitative estimate of drug-likeness (QED) is 0.736. The molecule has 1 fully saturated rings. The molecule has 7 nitrogen and oxygen atoms in total. The standard InChI is InChI=1S/C14H18N2O5/c17-13(18)12(10-4-2-1-3-5-10)16-14(19)15-8-11-9-20-6-7-21-11/h1-5,11-12H,6-9H2,(H,17,18)(H2,15,16,19). The molecule has 2 rings (SSSR count). The van der Waals surface area contributed by atoms with E-state index in [1.165, 1.54) is 0 Å². The summed E-state index contributed by atoms with van der Waals surface area (Å²) in [5.74, 6) is -1.12. The molecular weight excluding hydrogens is 276 g/mol. The van der Waals surface area contributed by atoms with Gasteiger partial charge in [0.2, 0.25) is 0 Å². The van der Waals surface area contributed by atoms with Gasteiger partial charge in [0, 0.05) is 6.54 Å². The van der Waals surface area contributed by atoms with Crippen LogP contribution in [0.3, 0.4) is 0 Å². The highest BCUT2D eigenvalue weighted by molar-refractivity contribution is 5.83. The lowest BCUT2D eigenvalue weighted by Gasteiger charge is -2.23. The van der Waals surface area contributed by atoms with Crippen molar-refractivity contribution < 1.29 is 24.2 Å². The molecule has 21 heavy (non-hydrogen) atoms. The first-order valence-corrected chi connectivity index (χ1v) is 6.68. The molecule has 0 radical (unpaired) electrons. The van der Waals surface area contributed by atoms with Crippen molar-refractivity contribution in [3.05, 3.63) is 35.9 Å². The molecule has 2 amide bonds. The van der Waals surface area contributed by atoms with E-state index in [9.17, 15) is 14.7 Å². The summed E-state index contributed by atoms with van der Waals surface area (Å²) < 4.78 is 10.6. The first-order chi connectivity index (χ1) is 10.2. The van der Waals surface area contributed by atoms with Crippen molar-refractivity contribution in [2.45, 2.75) is 12.1 Å². The minimum Gasteiger partial charge on any atom is -0.479 e. The van der Waals surface area contributed by atoms with E-state index in [1.54, 1.807) is 30.3 Å². The van der Waals surface area contributed by atoms with Gasteiger partial charge in [-0.25, -0.2) is 9.59 Å². The molecule has 2 unspecified atom stereocenters. The Kier molecular flexibility index (Phi) is 5.53. The van der Waals surface area contributed by atoms with Crippen LogP contribution in [0.15, 0.2) is 30.3 Å². The Hall–Kier alpha value is -2.12. The van der Waals surface area contributed by atoms with Crippen molar-refractivity contribution in [1.29, 1.82) is 0 Å². The normalized spacial score (nSPS) is 19.5. The minimum atomic E-state index is -1.12. The fourth-order valence-corrected chi connectivity index (χ4v) is 1.98. The summed E-state index contributed by atoms with van der Waals surface area (Å²) >= 11 is 0. The van der Waals surface area contributed by atoms with Gasteiger partial charge in [0.15, 0.2) is 6.04 Å². The SMILES string of the molecule is O=C(NCC1COCCO1)NC(C(=O)O)c1ccccc1. The number of aliphatic carboxylic acids is 1. The Morgan fingerprint density at radius 3 is 2.67 bits per heavy atom. The maximum Gasteiger partial charge on any atom is 0.330 e. The zero-order chi connectivity index (χ0) is 15.1. The van der Waals surface area contributed by atoms with Gasteiger partial charge in [-0.1, -0.05) is 30.3 Å². The number of hydrogen-bond acceptors (Lipinski definition) is 4. The predicted octanol–water partition coefficient (Wildman–Crippen LogP) is 0.527. The third-order valence-corrected chi connectivity index (χ3v) is 3.03. The van der Waals surface area contributed by atoms with Crippen molar-refractivity contribution in [3.63, 3.8) is 0 Å². The lowest BCUT2D eigenvalue weighted by atomic mass is 10.1. The van der Waals surface area contributed by atoms with Gasteiger partial charge in [0.1, 0.15) is 0 Å². The van der Waals surface area contributed by atoms with Crippen LogP contribution >= 0.6 is 0 Å². The molecule has 0 aromatic heterocycles. The maximum absolute atomic E-state index is 11.8. The summed E-state index contributed by atoms with van der Waals surface area (Å²) in [6.45, 7) is 1.74. The van der Waals surface area contributed by atoms with Crippen LogP contribution in [-0.2, 0) is 14.3 Å². The predicted molar refractivity (Wildman–Crippen MR) is 73.9 cm³/mol. The van der Waals surface area contributed by atoms with Gasteiger partial charge in [-0.3, -0.25) is 0 Å². The number of hydrogen-bond donors (Lipinski definition) is 3. The molecule has 0 saturated carbocycles. The van der Waals surface area contributed by atoms with E-state index in [1.807, 2.05) is 0 Å². The van der Waals surface area contributed by atoms with Gasteiger partial charge in [0.05, 0.1) is 25.9 Å². The van der Waals surface area contributed by atoms with E-state index in [0.717, 1.165) is 0 Å². The number of benzene rings is 1. The van der Waals surface area contributed by atoms with Crippen LogP contribution < -0.4 is 10.6 Å². The fraction of sp³-hybridized carbons (Fsp3) is 0.429. The smallest absolute Gasteiger partial charge is 0.330 e. The third kappa shape index (κ3) is 4.73. The number of urea groups is 1. The zero-order valence-electron chi connectivity index (χ0n) is 11.5. The van der Waals surface area contributed by atoms with Gasteiger partial charge in [-0.05, 0) is 5.56 Å². The molecule has 1 aromatic rings. The number of carboxylic acid groups (broad SMARTS) is 1. The second-order valence-corrected chi connectivity index (χ2v) is 4.60. The number of ether oxygens (including phenoxy) is 2. The van der Waals surface area contributed by atoms with Crippen LogP contribution in [0.2, 0.25) is 0 Å². The summed E-state index contributed by atoms with van der Waals surface area (Å²) in [5.41, 5.74) is 0.511. The highest BCUT2D eigenvalue weighted by atomic mass is 16.6. The molecule has 0 aliphatic carbocycles. The second-order valence-electron chi connectivity index (χ2n) is 4.60. The van der Waals surface area contributed by atoms with Crippen LogP contribution in [0.4, 0.5) is 4.79 Å². The topological polar surface area (TPSA) is 96.9 Å². The number of carbonyl (C=O) groups is 2. The highest BCUT2D eigenvalue weighted by Crippen LogP contribution is 2.12. The molecule has 7 heteroatoms. The molecule has 1 aromatic carbocycles. The average Bonchev–Trinajstić information content (AvgIpc) is 2.52. The Morgan fingerprint density at radius 1 is 1.29 bits per heavy atom. The molecule has 0 spiro atoms. The summed E-state index contributed by atoms with van der Waals surface area (Å²) in [5, 5.41) is 14.2. The van der Waals surface area contributed by atoms with E-state index < -0.39 is 18.0 Å². The second kappa shape index (κ2) is 7.61. The largest absolute Gasteiger partial charge is 0.479 e. The monoisotopic (exact) mass is 294 g/mol. The Bertz CT molecular complexity index is 474. The number of carboxylic acids is 1. The van der Waals surface area contributed by atoms with E-state index >= 15 is 0 Å². The molecule has 2 atom stereocenters. The molecular formula is C14H18N2O5. The van der Waals surface area contributed by atoms with Crippen LogP contribution in [0, 0.1) is 0 Å². The van der Waals surface area contributed by atoms with Crippen LogP contribution in [0.1, 0.15) is 11.6 Å². The molecule has 0 bridgehead atoms. The minimum absolute atomic E-state index is 0.204. The Labute approximate surface area is 122 Å². The number of rotatable bonds is 5. The van der Waals surface area contributed by atoms with Crippen LogP contribution in [0.25, 0.3) is 0 Å². The van der Waals surface area contributed by atoms with Gasteiger partial charge in [-0.15, -0.1) is 0 Å².